The molecule has 0 radical (unpaired) electrons. The molecule has 5 heterocycles. The van der Waals surface area contributed by atoms with Crippen molar-refractivity contribution in [3.63, 3.8) is 0 Å². The Labute approximate surface area is 293 Å². The first-order chi connectivity index (χ1) is 23.9. The number of pyridine rings is 1. The molecule has 1 aromatic heterocycles. The second-order valence-corrected chi connectivity index (χ2v) is 16.1. The summed E-state index contributed by atoms with van der Waals surface area (Å²) in [6, 6.07) is 16.5. The molecule has 0 aliphatic carbocycles. The Morgan fingerprint density at radius 1 is 1.06 bits per heavy atom. The number of hydrogen-bond donors (Lipinski definition) is 1. The second-order valence-electron chi connectivity index (χ2n) is 14.3. The highest BCUT2D eigenvalue weighted by Gasteiger charge is 2.61. The molecule has 3 fully saturated rings. The standard InChI is InChI=1S/C37H43N7O5S/c1-5-49-33-30(7-6-16-39-33)37(40-35(46)43-23-36(24-43)21-42(22-36)28-14-17-41(18-15-28)25(2)3)31-19-27(20-38)10-13-32(31)44(34(37)45)50(47,48)29-11-8-26(4)9-12-29/h6-13,16,19,25,28H,5,14-15,17-18,21-24H2,1-4H3,(H,40,46)/t37-/m1/s1. The molecule has 50 heavy (non-hydrogen) atoms. The molecule has 1 atom stereocenters. The molecular formula is C37H43N7O5S. The molecule has 262 valence electrons. The van der Waals surface area contributed by atoms with Crippen LogP contribution in [0.5, 0.6) is 5.88 Å². The molecule has 0 unspecified atom stereocenters. The number of piperidine rings is 1. The second kappa shape index (κ2) is 12.7. The molecule has 0 bridgehead atoms. The van der Waals surface area contributed by atoms with Gasteiger partial charge in [0, 0.05) is 55.4 Å². The van der Waals surface area contributed by atoms with E-state index in [0.717, 1.165) is 48.9 Å². The van der Waals surface area contributed by atoms with Crippen LogP contribution in [0.3, 0.4) is 0 Å². The van der Waals surface area contributed by atoms with Crippen molar-refractivity contribution < 1.29 is 22.7 Å². The number of nitrogens with one attached hydrogen (secondary N) is 1. The van der Waals surface area contributed by atoms with Gasteiger partial charge in [0.05, 0.1) is 34.4 Å². The summed E-state index contributed by atoms with van der Waals surface area (Å²) in [6.07, 6.45) is 3.79. The van der Waals surface area contributed by atoms with Crippen molar-refractivity contribution in [3.8, 4) is 11.9 Å². The van der Waals surface area contributed by atoms with E-state index in [-0.39, 0.29) is 45.2 Å². The Morgan fingerprint density at radius 2 is 1.76 bits per heavy atom. The highest BCUT2D eigenvalue weighted by Crippen LogP contribution is 2.50. The Kier molecular flexibility index (Phi) is 8.61. The number of anilines is 1. The number of hydrogen-bond acceptors (Lipinski definition) is 9. The van der Waals surface area contributed by atoms with E-state index in [0.29, 0.717) is 25.2 Å². The molecule has 3 saturated heterocycles. The van der Waals surface area contributed by atoms with E-state index in [1.807, 2.05) is 6.92 Å². The Hall–Kier alpha value is -4.51. The third-order valence-corrected chi connectivity index (χ3v) is 12.4. The first-order valence-electron chi connectivity index (χ1n) is 17.3. The van der Waals surface area contributed by atoms with Crippen LogP contribution in [-0.4, -0.2) is 98.0 Å². The van der Waals surface area contributed by atoms with E-state index < -0.39 is 27.5 Å². The van der Waals surface area contributed by atoms with Crippen molar-refractivity contribution in [2.75, 3.05) is 50.2 Å². The van der Waals surface area contributed by atoms with E-state index in [4.69, 9.17) is 4.74 Å². The lowest BCUT2D eigenvalue weighted by Crippen LogP contribution is -2.76. The fourth-order valence-electron chi connectivity index (χ4n) is 8.08. The van der Waals surface area contributed by atoms with Crippen LogP contribution in [0.25, 0.3) is 0 Å². The number of aryl methyl sites for hydroxylation is 1. The maximum absolute atomic E-state index is 15.0. The van der Waals surface area contributed by atoms with Gasteiger partial charge in [-0.25, -0.2) is 18.2 Å². The molecule has 12 nitrogen and oxygen atoms in total. The number of aromatic nitrogens is 1. The molecular weight excluding hydrogens is 655 g/mol. The van der Waals surface area contributed by atoms with Crippen molar-refractivity contribution in [3.05, 3.63) is 83.0 Å². The van der Waals surface area contributed by atoms with Crippen molar-refractivity contribution >= 4 is 27.6 Å². The lowest BCUT2D eigenvalue weighted by Gasteiger charge is -2.62. The predicted octanol–water partition coefficient (Wildman–Crippen LogP) is 3.84. The lowest BCUT2D eigenvalue weighted by molar-refractivity contribution is -0.124. The van der Waals surface area contributed by atoms with Gasteiger partial charge in [0.1, 0.15) is 0 Å². The number of nitrogens with zero attached hydrogens (tertiary/aromatic N) is 6. The summed E-state index contributed by atoms with van der Waals surface area (Å²) in [5.41, 5.74) is -0.644. The van der Waals surface area contributed by atoms with Crippen molar-refractivity contribution in [1.82, 2.24) is 25.0 Å². The molecule has 3 amide bonds. The fourth-order valence-corrected chi connectivity index (χ4v) is 9.54. The van der Waals surface area contributed by atoms with E-state index in [1.165, 1.54) is 36.5 Å². The zero-order valence-corrected chi connectivity index (χ0v) is 29.7. The summed E-state index contributed by atoms with van der Waals surface area (Å²) in [4.78, 5) is 40.3. The summed E-state index contributed by atoms with van der Waals surface area (Å²) < 4.78 is 35.2. The maximum atomic E-state index is 15.0. The fraction of sp³-hybridized carbons (Fsp3) is 0.459. The summed E-state index contributed by atoms with van der Waals surface area (Å²) in [7, 11) is -4.46. The number of benzene rings is 2. The smallest absolute Gasteiger partial charge is 0.318 e. The van der Waals surface area contributed by atoms with Gasteiger partial charge < -0.3 is 19.9 Å². The number of likely N-dealkylation sites (tertiary alicyclic amines) is 3. The van der Waals surface area contributed by atoms with Crippen LogP contribution in [0.4, 0.5) is 10.5 Å². The van der Waals surface area contributed by atoms with Gasteiger partial charge in [-0.15, -0.1) is 0 Å². The van der Waals surface area contributed by atoms with Crippen LogP contribution in [0.1, 0.15) is 55.9 Å². The third-order valence-electron chi connectivity index (χ3n) is 10.7. The van der Waals surface area contributed by atoms with Gasteiger partial charge in [-0.05, 0) is 96.1 Å². The molecule has 1 N–H and O–H groups in total. The molecule has 7 rings (SSSR count). The van der Waals surface area contributed by atoms with E-state index in [2.05, 4.69) is 40.0 Å². The number of nitriles is 1. The average Bonchev–Trinajstić information content (AvgIpc) is 3.31. The zero-order valence-electron chi connectivity index (χ0n) is 28.9. The van der Waals surface area contributed by atoms with Crippen LogP contribution >= 0.6 is 0 Å². The average molecular weight is 698 g/mol. The highest BCUT2D eigenvalue weighted by molar-refractivity contribution is 7.93. The predicted molar refractivity (Wildman–Crippen MR) is 187 cm³/mol. The van der Waals surface area contributed by atoms with Crippen LogP contribution in [-0.2, 0) is 20.4 Å². The van der Waals surface area contributed by atoms with Crippen LogP contribution < -0.4 is 14.4 Å². The molecule has 1 spiro atoms. The highest BCUT2D eigenvalue weighted by atomic mass is 32.2. The zero-order chi connectivity index (χ0) is 35.4. The molecule has 4 aliphatic rings. The minimum absolute atomic E-state index is 0.00312. The first-order valence-corrected chi connectivity index (χ1v) is 18.7. The van der Waals surface area contributed by atoms with Gasteiger partial charge in [-0.1, -0.05) is 17.7 Å². The number of fused-ring (bicyclic) bond motifs is 1. The Morgan fingerprint density at radius 3 is 2.40 bits per heavy atom. The van der Waals surface area contributed by atoms with Gasteiger partial charge in [0.25, 0.3) is 15.9 Å². The lowest BCUT2D eigenvalue weighted by atomic mass is 9.71. The first kappa shape index (κ1) is 34.0. The number of carbonyl (C=O) groups is 2. The van der Waals surface area contributed by atoms with Crippen LogP contribution in [0.15, 0.2) is 65.7 Å². The van der Waals surface area contributed by atoms with Gasteiger partial charge in [-0.2, -0.15) is 9.57 Å². The van der Waals surface area contributed by atoms with E-state index in [9.17, 15) is 18.5 Å². The number of urea groups is 1. The Balaban J connectivity index is 1.21. The van der Waals surface area contributed by atoms with E-state index >= 15 is 4.79 Å². The minimum atomic E-state index is -4.46. The molecule has 3 aromatic rings. The largest absolute Gasteiger partial charge is 0.478 e. The maximum Gasteiger partial charge on any atom is 0.318 e. The summed E-state index contributed by atoms with van der Waals surface area (Å²) >= 11 is 0. The molecule has 13 heteroatoms. The summed E-state index contributed by atoms with van der Waals surface area (Å²) in [5, 5.41) is 12.9. The molecule has 0 saturated carbocycles. The summed E-state index contributed by atoms with van der Waals surface area (Å²) in [5.74, 6) is -0.840. The number of ether oxygens (including phenoxy) is 1. The van der Waals surface area contributed by atoms with Gasteiger partial charge in [0.15, 0.2) is 5.54 Å². The van der Waals surface area contributed by atoms with Gasteiger partial charge >= 0.3 is 6.03 Å². The normalized spacial score (nSPS) is 22.2. The van der Waals surface area contributed by atoms with Crippen LogP contribution in [0.2, 0.25) is 0 Å². The quantitative estimate of drug-likeness (QED) is 0.372. The number of carbonyl (C=O) groups excluding carboxylic acids is 2. The summed E-state index contributed by atoms with van der Waals surface area (Å²) in [6.45, 7) is 13.4. The third kappa shape index (κ3) is 5.50. The van der Waals surface area contributed by atoms with Crippen molar-refractivity contribution in [1.29, 1.82) is 5.26 Å². The van der Waals surface area contributed by atoms with Crippen molar-refractivity contribution in [2.45, 2.75) is 63.1 Å². The monoisotopic (exact) mass is 697 g/mol. The van der Waals surface area contributed by atoms with Crippen LogP contribution in [0, 0.1) is 23.7 Å². The molecule has 2 aromatic carbocycles. The van der Waals surface area contributed by atoms with Crippen molar-refractivity contribution in [2.24, 2.45) is 5.41 Å². The minimum Gasteiger partial charge on any atom is -0.478 e. The molecule has 4 aliphatic heterocycles. The number of rotatable bonds is 8. The topological polar surface area (TPSA) is 139 Å². The number of sulfonamides is 1. The van der Waals surface area contributed by atoms with Gasteiger partial charge in [-0.3, -0.25) is 9.69 Å². The number of amides is 3. The van der Waals surface area contributed by atoms with Gasteiger partial charge in [0.2, 0.25) is 5.88 Å². The SMILES string of the molecule is CCOc1ncccc1[C@]1(NC(=O)N2CC3(C2)CN(C2CCN(C(C)C)CC2)C3)C(=O)N(S(=O)(=O)c2ccc(C)cc2)c2ccc(C#N)cc21. The Bertz CT molecular complexity index is 1960. The van der Waals surface area contributed by atoms with E-state index in [1.54, 1.807) is 36.1 Å².